The number of nitrogens with one attached hydrogen (secondary N) is 2. The molecule has 0 aliphatic heterocycles. The van der Waals surface area contributed by atoms with Crippen LogP contribution in [0.1, 0.15) is 34.6 Å². The number of H-pyrrole nitrogens is 1. The predicted octanol–water partition coefficient (Wildman–Crippen LogP) is 3.88. The summed E-state index contributed by atoms with van der Waals surface area (Å²) in [7, 11) is 0. The standard InChI is InChI=1S/C19H19N3O/c1-13-8-10-16(11-9-13)17-12-18(22-21-17)19(23)20-14(2)15-6-4-3-5-7-15/h3-12,14H,1-2H3,(H,20,23)(H,21,22)/t14-/m0/s1. The Morgan fingerprint density at radius 1 is 1.09 bits per heavy atom. The van der Waals surface area contributed by atoms with Crippen LogP contribution in [0, 0.1) is 6.92 Å². The zero-order chi connectivity index (χ0) is 16.2. The van der Waals surface area contributed by atoms with Crippen LogP contribution in [0.25, 0.3) is 11.3 Å². The molecule has 4 nitrogen and oxygen atoms in total. The summed E-state index contributed by atoms with van der Waals surface area (Å²) >= 11 is 0. The summed E-state index contributed by atoms with van der Waals surface area (Å²) in [5.41, 5.74) is 4.48. The van der Waals surface area contributed by atoms with E-state index in [1.165, 1.54) is 5.56 Å². The number of amides is 1. The van der Waals surface area contributed by atoms with Crippen molar-refractivity contribution in [3.63, 3.8) is 0 Å². The van der Waals surface area contributed by atoms with Gasteiger partial charge in [-0.1, -0.05) is 60.2 Å². The minimum atomic E-state index is -0.160. The van der Waals surface area contributed by atoms with E-state index < -0.39 is 0 Å². The quantitative estimate of drug-likeness (QED) is 0.768. The molecule has 4 heteroatoms. The van der Waals surface area contributed by atoms with Crippen molar-refractivity contribution in [1.82, 2.24) is 15.5 Å². The Bertz CT molecular complexity index is 791. The van der Waals surface area contributed by atoms with Crippen molar-refractivity contribution in [2.24, 2.45) is 0 Å². The second kappa shape index (κ2) is 6.48. The van der Waals surface area contributed by atoms with Crippen LogP contribution in [0.3, 0.4) is 0 Å². The third-order valence-electron chi connectivity index (χ3n) is 3.82. The summed E-state index contributed by atoms with van der Waals surface area (Å²) in [5.74, 6) is -0.160. The van der Waals surface area contributed by atoms with Crippen LogP contribution in [0.2, 0.25) is 0 Å². The van der Waals surface area contributed by atoms with Gasteiger partial charge < -0.3 is 5.32 Å². The van der Waals surface area contributed by atoms with Gasteiger partial charge in [0, 0.05) is 5.56 Å². The second-order valence-electron chi connectivity index (χ2n) is 5.64. The Labute approximate surface area is 135 Å². The molecule has 3 rings (SSSR count). The van der Waals surface area contributed by atoms with Gasteiger partial charge in [0.15, 0.2) is 0 Å². The summed E-state index contributed by atoms with van der Waals surface area (Å²) in [6.45, 7) is 4.00. The van der Waals surface area contributed by atoms with Crippen LogP contribution < -0.4 is 5.32 Å². The molecule has 2 N–H and O–H groups in total. The van der Waals surface area contributed by atoms with E-state index >= 15 is 0 Å². The van der Waals surface area contributed by atoms with E-state index in [1.54, 1.807) is 6.07 Å². The summed E-state index contributed by atoms with van der Waals surface area (Å²) in [6, 6.07) is 19.6. The van der Waals surface area contributed by atoms with Gasteiger partial charge in [0.25, 0.3) is 5.91 Å². The number of benzene rings is 2. The Balaban J connectivity index is 1.72. The lowest BCUT2D eigenvalue weighted by molar-refractivity contribution is 0.0935. The molecule has 23 heavy (non-hydrogen) atoms. The van der Waals surface area contributed by atoms with Crippen molar-refractivity contribution >= 4 is 5.91 Å². The SMILES string of the molecule is Cc1ccc(-c2cc(C(=O)N[C@@H](C)c3ccccc3)[nH]n2)cc1. The molecule has 3 aromatic rings. The summed E-state index contributed by atoms with van der Waals surface area (Å²) in [5, 5.41) is 10.0. The van der Waals surface area contributed by atoms with Crippen molar-refractivity contribution in [3.8, 4) is 11.3 Å². The zero-order valence-electron chi connectivity index (χ0n) is 13.2. The van der Waals surface area contributed by atoms with Gasteiger partial charge in [-0.15, -0.1) is 0 Å². The predicted molar refractivity (Wildman–Crippen MR) is 91.1 cm³/mol. The molecule has 0 radical (unpaired) electrons. The molecule has 0 saturated heterocycles. The number of aromatic nitrogens is 2. The average Bonchev–Trinajstić information content (AvgIpc) is 3.06. The van der Waals surface area contributed by atoms with Gasteiger partial charge in [0.05, 0.1) is 11.7 Å². The lowest BCUT2D eigenvalue weighted by atomic mass is 10.1. The number of aryl methyl sites for hydroxylation is 1. The fourth-order valence-corrected chi connectivity index (χ4v) is 2.41. The molecule has 0 bridgehead atoms. The van der Waals surface area contributed by atoms with Crippen molar-refractivity contribution in [1.29, 1.82) is 0 Å². The van der Waals surface area contributed by atoms with Gasteiger partial charge in [0.1, 0.15) is 5.69 Å². The third kappa shape index (κ3) is 3.48. The normalized spacial score (nSPS) is 11.9. The third-order valence-corrected chi connectivity index (χ3v) is 3.82. The molecule has 2 aromatic carbocycles. The van der Waals surface area contributed by atoms with E-state index in [2.05, 4.69) is 15.5 Å². The van der Waals surface area contributed by atoms with Crippen molar-refractivity contribution < 1.29 is 4.79 Å². The van der Waals surface area contributed by atoms with Crippen LogP contribution in [0.4, 0.5) is 0 Å². The number of rotatable bonds is 4. The first-order valence-corrected chi connectivity index (χ1v) is 7.62. The Hall–Kier alpha value is -2.88. The first-order valence-electron chi connectivity index (χ1n) is 7.62. The van der Waals surface area contributed by atoms with Gasteiger partial charge >= 0.3 is 0 Å². The van der Waals surface area contributed by atoms with E-state index in [1.807, 2.05) is 68.4 Å². The number of hydrogen-bond acceptors (Lipinski definition) is 2. The molecule has 0 aliphatic rings. The summed E-state index contributed by atoms with van der Waals surface area (Å²) in [4.78, 5) is 12.3. The van der Waals surface area contributed by atoms with Crippen LogP contribution in [-0.2, 0) is 0 Å². The smallest absolute Gasteiger partial charge is 0.269 e. The molecule has 0 aliphatic carbocycles. The maximum atomic E-state index is 12.3. The first kappa shape index (κ1) is 15.0. The molecular formula is C19H19N3O. The highest BCUT2D eigenvalue weighted by atomic mass is 16.2. The number of aromatic amines is 1. The summed E-state index contributed by atoms with van der Waals surface area (Å²) < 4.78 is 0. The molecule has 1 aromatic heterocycles. The monoisotopic (exact) mass is 305 g/mol. The first-order chi connectivity index (χ1) is 11.1. The van der Waals surface area contributed by atoms with Gasteiger partial charge in [-0.05, 0) is 25.5 Å². The maximum absolute atomic E-state index is 12.3. The highest BCUT2D eigenvalue weighted by Crippen LogP contribution is 2.19. The molecule has 0 spiro atoms. The van der Waals surface area contributed by atoms with E-state index in [0.717, 1.165) is 16.8 Å². The zero-order valence-corrected chi connectivity index (χ0v) is 13.2. The maximum Gasteiger partial charge on any atom is 0.269 e. The molecule has 1 heterocycles. The molecule has 1 amide bonds. The topological polar surface area (TPSA) is 57.8 Å². The molecule has 0 saturated carbocycles. The van der Waals surface area contributed by atoms with Crippen molar-refractivity contribution in [2.45, 2.75) is 19.9 Å². The van der Waals surface area contributed by atoms with Crippen molar-refractivity contribution in [2.75, 3.05) is 0 Å². The average molecular weight is 305 g/mol. The molecular weight excluding hydrogens is 286 g/mol. The largest absolute Gasteiger partial charge is 0.344 e. The number of nitrogens with zero attached hydrogens (tertiary/aromatic N) is 1. The van der Waals surface area contributed by atoms with Gasteiger partial charge in [-0.2, -0.15) is 5.10 Å². The van der Waals surface area contributed by atoms with Crippen LogP contribution in [0.15, 0.2) is 60.7 Å². The van der Waals surface area contributed by atoms with Crippen molar-refractivity contribution in [3.05, 3.63) is 77.5 Å². The lowest BCUT2D eigenvalue weighted by Crippen LogP contribution is -2.26. The van der Waals surface area contributed by atoms with Gasteiger partial charge in [0.2, 0.25) is 0 Å². The minimum Gasteiger partial charge on any atom is -0.344 e. The number of carbonyl (C=O) groups excluding carboxylic acids is 1. The Kier molecular flexibility index (Phi) is 4.24. The second-order valence-corrected chi connectivity index (χ2v) is 5.64. The lowest BCUT2D eigenvalue weighted by Gasteiger charge is -2.13. The minimum absolute atomic E-state index is 0.0603. The van der Waals surface area contributed by atoms with Crippen LogP contribution in [-0.4, -0.2) is 16.1 Å². The van der Waals surface area contributed by atoms with Crippen LogP contribution >= 0.6 is 0 Å². The molecule has 1 atom stereocenters. The number of carbonyl (C=O) groups is 1. The fourth-order valence-electron chi connectivity index (χ4n) is 2.41. The molecule has 116 valence electrons. The van der Waals surface area contributed by atoms with Gasteiger partial charge in [-0.25, -0.2) is 0 Å². The van der Waals surface area contributed by atoms with Gasteiger partial charge in [-0.3, -0.25) is 9.89 Å². The van der Waals surface area contributed by atoms with E-state index in [9.17, 15) is 4.79 Å². The Morgan fingerprint density at radius 3 is 2.48 bits per heavy atom. The van der Waals surface area contributed by atoms with E-state index in [-0.39, 0.29) is 11.9 Å². The fraction of sp³-hybridized carbons (Fsp3) is 0.158. The highest BCUT2D eigenvalue weighted by molar-refractivity contribution is 5.93. The summed E-state index contributed by atoms with van der Waals surface area (Å²) in [6.07, 6.45) is 0. The molecule has 0 unspecified atom stereocenters. The molecule has 0 fully saturated rings. The highest BCUT2D eigenvalue weighted by Gasteiger charge is 2.14. The van der Waals surface area contributed by atoms with Crippen LogP contribution in [0.5, 0.6) is 0 Å². The van der Waals surface area contributed by atoms with E-state index in [0.29, 0.717) is 5.69 Å². The Morgan fingerprint density at radius 2 is 1.78 bits per heavy atom. The number of hydrogen-bond donors (Lipinski definition) is 2. The van der Waals surface area contributed by atoms with E-state index in [4.69, 9.17) is 0 Å².